The predicted molar refractivity (Wildman–Crippen MR) is 186 cm³/mol. The summed E-state index contributed by atoms with van der Waals surface area (Å²) in [5.41, 5.74) is 0. The van der Waals surface area contributed by atoms with Crippen LogP contribution in [0.1, 0.15) is 220 Å². The Balaban J connectivity index is 1.98. The normalized spacial score (nSPS) is 15.0. The lowest BCUT2D eigenvalue weighted by Gasteiger charge is -2.33. The van der Waals surface area contributed by atoms with Crippen molar-refractivity contribution in [3.63, 3.8) is 0 Å². The summed E-state index contributed by atoms with van der Waals surface area (Å²) in [4.78, 5) is 5.31. The second kappa shape index (κ2) is 30.8. The minimum absolute atomic E-state index is 0.638. The number of nitrogens with zero attached hydrogens (tertiary/aromatic N) is 2. The topological polar surface area (TPSA) is 6.48 Å². The largest absolute Gasteiger partial charge is 0.356 e. The van der Waals surface area contributed by atoms with E-state index < -0.39 is 0 Å². The Kier molecular flexibility index (Phi) is 28.8. The lowest BCUT2D eigenvalue weighted by molar-refractivity contribution is 0.137. The third kappa shape index (κ3) is 23.5. The molecule has 1 aliphatic rings. The Hall–Kier alpha value is -0.660. The van der Waals surface area contributed by atoms with Gasteiger partial charge in [-0.15, -0.1) is 0 Å². The van der Waals surface area contributed by atoms with Crippen molar-refractivity contribution in [3.8, 4) is 0 Å². The average Bonchev–Trinajstić information content (AvgIpc) is 3.36. The van der Waals surface area contributed by atoms with Gasteiger partial charge in [0.1, 0.15) is 6.17 Å². The van der Waals surface area contributed by atoms with Gasteiger partial charge >= 0.3 is 0 Å². The van der Waals surface area contributed by atoms with Gasteiger partial charge in [-0.05, 0) is 25.7 Å². The number of unbranched alkanes of at least 4 members (excludes halogenated alkanes) is 27. The Bertz CT molecular complexity index is 530. The standard InChI is InChI=1S/C39H78N2/c1-4-7-9-11-13-15-17-19-21-23-25-27-29-31-33-36-41-38-37-40(35-6-3)39(41)34-32-30-28-26-24-22-20-18-16-14-12-10-8-5-2/h37-39H,4-36H2,1-3H3. The van der Waals surface area contributed by atoms with Crippen LogP contribution in [0.4, 0.5) is 0 Å². The van der Waals surface area contributed by atoms with E-state index in [2.05, 4.69) is 43.0 Å². The van der Waals surface area contributed by atoms with Crippen LogP contribution in [0, 0.1) is 0 Å². The second-order valence-corrected chi connectivity index (χ2v) is 13.6. The van der Waals surface area contributed by atoms with Crippen molar-refractivity contribution in [1.82, 2.24) is 9.80 Å². The van der Waals surface area contributed by atoms with Gasteiger partial charge < -0.3 is 9.80 Å². The summed E-state index contributed by atoms with van der Waals surface area (Å²) in [6.07, 6.45) is 50.1. The minimum Gasteiger partial charge on any atom is -0.356 e. The summed E-state index contributed by atoms with van der Waals surface area (Å²) in [7, 11) is 0. The molecule has 2 heteroatoms. The number of hydrogen-bond acceptors (Lipinski definition) is 2. The van der Waals surface area contributed by atoms with Crippen LogP contribution in [0.2, 0.25) is 0 Å². The van der Waals surface area contributed by atoms with Crippen molar-refractivity contribution in [2.24, 2.45) is 0 Å². The molecule has 0 spiro atoms. The van der Waals surface area contributed by atoms with Crippen LogP contribution in [-0.2, 0) is 0 Å². The van der Waals surface area contributed by atoms with Crippen molar-refractivity contribution in [2.75, 3.05) is 13.1 Å². The van der Waals surface area contributed by atoms with Gasteiger partial charge in [-0.2, -0.15) is 0 Å². The lowest BCUT2D eigenvalue weighted by Crippen LogP contribution is -2.39. The molecule has 0 saturated heterocycles. The third-order valence-corrected chi connectivity index (χ3v) is 9.53. The second-order valence-electron chi connectivity index (χ2n) is 13.6. The van der Waals surface area contributed by atoms with Gasteiger partial charge in [-0.25, -0.2) is 0 Å². The van der Waals surface area contributed by atoms with Crippen LogP contribution in [0.25, 0.3) is 0 Å². The molecule has 41 heavy (non-hydrogen) atoms. The molecule has 1 aliphatic heterocycles. The maximum Gasteiger partial charge on any atom is 0.101 e. The molecule has 0 radical (unpaired) electrons. The van der Waals surface area contributed by atoms with E-state index in [-0.39, 0.29) is 0 Å². The first-order valence-electron chi connectivity index (χ1n) is 19.5. The molecule has 0 N–H and O–H groups in total. The van der Waals surface area contributed by atoms with Crippen LogP contribution in [-0.4, -0.2) is 29.1 Å². The van der Waals surface area contributed by atoms with Gasteiger partial charge in [-0.1, -0.05) is 194 Å². The molecule has 2 nitrogen and oxygen atoms in total. The van der Waals surface area contributed by atoms with Crippen LogP contribution in [0.5, 0.6) is 0 Å². The Morgan fingerprint density at radius 1 is 0.317 bits per heavy atom. The highest BCUT2D eigenvalue weighted by Crippen LogP contribution is 2.23. The summed E-state index contributed by atoms with van der Waals surface area (Å²) in [6.45, 7) is 9.43. The Morgan fingerprint density at radius 3 is 0.951 bits per heavy atom. The molecule has 244 valence electrons. The van der Waals surface area contributed by atoms with Gasteiger partial charge in [0.2, 0.25) is 0 Å². The first-order chi connectivity index (χ1) is 20.3. The van der Waals surface area contributed by atoms with Gasteiger partial charge in [0.15, 0.2) is 0 Å². The van der Waals surface area contributed by atoms with Crippen molar-refractivity contribution in [1.29, 1.82) is 0 Å². The van der Waals surface area contributed by atoms with Crippen LogP contribution in [0.15, 0.2) is 12.4 Å². The Morgan fingerprint density at radius 2 is 0.610 bits per heavy atom. The molecule has 0 bridgehead atoms. The average molecular weight is 575 g/mol. The van der Waals surface area contributed by atoms with Gasteiger partial charge in [0.25, 0.3) is 0 Å². The monoisotopic (exact) mass is 575 g/mol. The fraction of sp³-hybridized carbons (Fsp3) is 0.949. The van der Waals surface area contributed by atoms with Crippen LogP contribution >= 0.6 is 0 Å². The van der Waals surface area contributed by atoms with Crippen LogP contribution in [0.3, 0.4) is 0 Å². The summed E-state index contributed by atoms with van der Waals surface area (Å²) in [5.74, 6) is 0. The fourth-order valence-electron chi connectivity index (χ4n) is 6.78. The zero-order chi connectivity index (χ0) is 29.5. The Labute approximate surface area is 260 Å². The molecule has 0 aromatic carbocycles. The minimum atomic E-state index is 0.638. The van der Waals surface area contributed by atoms with Crippen LogP contribution < -0.4 is 0 Å². The van der Waals surface area contributed by atoms with Crippen molar-refractivity contribution in [2.45, 2.75) is 226 Å². The van der Waals surface area contributed by atoms with E-state index in [0.29, 0.717) is 6.17 Å². The third-order valence-electron chi connectivity index (χ3n) is 9.53. The summed E-state index contributed by atoms with van der Waals surface area (Å²) in [6, 6.07) is 0. The van der Waals surface area contributed by atoms with E-state index in [1.807, 2.05) is 0 Å². The molecular formula is C39H78N2. The maximum absolute atomic E-state index is 2.68. The molecule has 0 saturated carbocycles. The van der Waals surface area contributed by atoms with E-state index >= 15 is 0 Å². The smallest absolute Gasteiger partial charge is 0.101 e. The molecule has 1 rings (SSSR count). The molecule has 0 aromatic rings. The molecule has 0 fully saturated rings. The van der Waals surface area contributed by atoms with Crippen molar-refractivity contribution >= 4 is 0 Å². The van der Waals surface area contributed by atoms with Gasteiger partial charge in [-0.3, -0.25) is 0 Å². The molecule has 0 aliphatic carbocycles. The molecule has 1 unspecified atom stereocenters. The maximum atomic E-state index is 2.68. The summed E-state index contributed by atoms with van der Waals surface area (Å²) < 4.78 is 0. The molecular weight excluding hydrogens is 496 g/mol. The first-order valence-corrected chi connectivity index (χ1v) is 19.5. The highest BCUT2D eigenvalue weighted by molar-refractivity contribution is 4.96. The first kappa shape index (κ1) is 38.4. The zero-order valence-corrected chi connectivity index (χ0v) is 29.0. The summed E-state index contributed by atoms with van der Waals surface area (Å²) >= 11 is 0. The quantitative estimate of drug-likeness (QED) is 0.0719. The zero-order valence-electron chi connectivity index (χ0n) is 29.0. The van der Waals surface area contributed by atoms with E-state index in [1.54, 1.807) is 0 Å². The molecule has 0 amide bonds. The number of hydrogen-bond donors (Lipinski definition) is 0. The molecule has 1 heterocycles. The fourth-order valence-corrected chi connectivity index (χ4v) is 6.78. The van der Waals surface area contributed by atoms with Crippen molar-refractivity contribution < 1.29 is 0 Å². The molecule has 0 aromatic heterocycles. The highest BCUT2D eigenvalue weighted by atomic mass is 15.4. The number of rotatable bonds is 33. The van der Waals surface area contributed by atoms with E-state index in [0.717, 1.165) is 0 Å². The molecule has 1 atom stereocenters. The summed E-state index contributed by atoms with van der Waals surface area (Å²) in [5, 5.41) is 0. The predicted octanol–water partition coefficient (Wildman–Crippen LogP) is 13.6. The van der Waals surface area contributed by atoms with E-state index in [9.17, 15) is 0 Å². The van der Waals surface area contributed by atoms with Gasteiger partial charge in [0, 0.05) is 25.5 Å². The van der Waals surface area contributed by atoms with E-state index in [1.165, 1.54) is 212 Å². The van der Waals surface area contributed by atoms with Gasteiger partial charge in [0.05, 0.1) is 0 Å². The van der Waals surface area contributed by atoms with E-state index in [4.69, 9.17) is 0 Å². The SMILES string of the molecule is CCCCCCCCCCCCCCCCCN1C=CN(CCC)C1CCCCCCCCCCCCCCCC. The van der Waals surface area contributed by atoms with Crippen molar-refractivity contribution in [3.05, 3.63) is 12.4 Å². The lowest BCUT2D eigenvalue weighted by atomic mass is 10.0. The highest BCUT2D eigenvalue weighted by Gasteiger charge is 2.24.